The molecule has 4 nitrogen and oxygen atoms in total. The van der Waals surface area contributed by atoms with Gasteiger partial charge in [0.2, 0.25) is 0 Å². The zero-order valence-corrected chi connectivity index (χ0v) is 13.2. The van der Waals surface area contributed by atoms with Crippen molar-refractivity contribution < 1.29 is 9.47 Å². The number of anilines is 1. The third kappa shape index (κ3) is 3.11. The summed E-state index contributed by atoms with van der Waals surface area (Å²) in [5, 5.41) is 0. The van der Waals surface area contributed by atoms with Crippen LogP contribution in [-0.4, -0.2) is 39.5 Å². The quantitative estimate of drug-likeness (QED) is 0.921. The lowest BCUT2D eigenvalue weighted by Crippen LogP contribution is -2.27. The Hall–Kier alpha value is -0.620. The molecule has 0 radical (unpaired) electrons. The van der Waals surface area contributed by atoms with Crippen LogP contribution in [0.15, 0.2) is 22.7 Å². The van der Waals surface area contributed by atoms with Crippen LogP contribution in [0.25, 0.3) is 0 Å². The number of hydrogen-bond donors (Lipinski definition) is 1. The highest BCUT2D eigenvalue weighted by molar-refractivity contribution is 9.10. The molecule has 1 heterocycles. The molecule has 0 spiro atoms. The summed E-state index contributed by atoms with van der Waals surface area (Å²) in [6.07, 6.45) is 0.231. The summed E-state index contributed by atoms with van der Waals surface area (Å²) in [4.78, 5) is 2.28. The van der Waals surface area contributed by atoms with Crippen LogP contribution in [0.4, 0.5) is 5.69 Å². The van der Waals surface area contributed by atoms with Crippen LogP contribution in [0, 0.1) is 0 Å². The second kappa shape index (κ2) is 6.22. The molecule has 106 valence electrons. The Kier molecular flexibility index (Phi) is 4.84. The fraction of sp³-hybridized carbons (Fsp3) is 0.571. The monoisotopic (exact) mass is 328 g/mol. The molecule has 1 aromatic carbocycles. The zero-order valence-electron chi connectivity index (χ0n) is 11.6. The van der Waals surface area contributed by atoms with E-state index in [1.54, 1.807) is 14.2 Å². The van der Waals surface area contributed by atoms with Crippen molar-refractivity contribution in [1.82, 2.24) is 0 Å². The van der Waals surface area contributed by atoms with Gasteiger partial charge in [0.15, 0.2) is 0 Å². The Morgan fingerprint density at radius 1 is 1.26 bits per heavy atom. The molecule has 1 aliphatic heterocycles. The van der Waals surface area contributed by atoms with E-state index in [2.05, 4.69) is 39.0 Å². The van der Waals surface area contributed by atoms with Crippen LogP contribution in [0.3, 0.4) is 0 Å². The highest BCUT2D eigenvalue weighted by Crippen LogP contribution is 2.32. The third-order valence-corrected chi connectivity index (χ3v) is 4.29. The fourth-order valence-electron chi connectivity index (χ4n) is 2.46. The molecule has 0 amide bonds. The molecule has 5 heteroatoms. The molecular weight excluding hydrogens is 308 g/mol. The number of rotatable bonds is 4. The summed E-state index contributed by atoms with van der Waals surface area (Å²) in [6.45, 7) is 3.66. The number of hydrogen-bond acceptors (Lipinski definition) is 4. The number of methoxy groups -OCH3 is 2. The van der Waals surface area contributed by atoms with Crippen molar-refractivity contribution in [2.24, 2.45) is 5.73 Å². The highest BCUT2D eigenvalue weighted by atomic mass is 79.9. The van der Waals surface area contributed by atoms with Gasteiger partial charge in [-0.2, -0.15) is 0 Å². The zero-order chi connectivity index (χ0) is 14.0. The van der Waals surface area contributed by atoms with Gasteiger partial charge in [0.1, 0.15) is 12.2 Å². The molecule has 3 atom stereocenters. The van der Waals surface area contributed by atoms with Gasteiger partial charge in [0.25, 0.3) is 0 Å². The van der Waals surface area contributed by atoms with Crippen LogP contribution >= 0.6 is 15.9 Å². The lowest BCUT2D eigenvalue weighted by Gasteiger charge is -2.21. The predicted molar refractivity (Wildman–Crippen MR) is 80.6 cm³/mol. The van der Waals surface area contributed by atoms with Crippen molar-refractivity contribution in [2.45, 2.75) is 25.2 Å². The molecule has 1 aromatic rings. The second-order valence-electron chi connectivity index (χ2n) is 4.95. The minimum absolute atomic E-state index is 0.0439. The van der Waals surface area contributed by atoms with Gasteiger partial charge in [0, 0.05) is 37.8 Å². The number of nitrogens with two attached hydrogens (primary N) is 1. The lowest BCUT2D eigenvalue weighted by molar-refractivity contribution is -0.00461. The van der Waals surface area contributed by atoms with Crippen LogP contribution in [0.2, 0.25) is 0 Å². The van der Waals surface area contributed by atoms with Gasteiger partial charge in [-0.1, -0.05) is 6.07 Å². The largest absolute Gasteiger partial charge is 0.377 e. The van der Waals surface area contributed by atoms with E-state index < -0.39 is 0 Å². The molecule has 0 aliphatic carbocycles. The first kappa shape index (κ1) is 14.8. The predicted octanol–water partition coefficient (Wildman–Crippen LogP) is 2.32. The van der Waals surface area contributed by atoms with Crippen LogP contribution in [0.5, 0.6) is 0 Å². The average Bonchev–Trinajstić information content (AvgIpc) is 2.81. The molecule has 2 N–H and O–H groups in total. The SMILES string of the molecule is COC1CN(c2ccc([C@H](C)N)cc2Br)CC1OC. The van der Waals surface area contributed by atoms with Crippen molar-refractivity contribution in [3.05, 3.63) is 28.2 Å². The topological polar surface area (TPSA) is 47.7 Å². The van der Waals surface area contributed by atoms with E-state index >= 15 is 0 Å². The van der Waals surface area contributed by atoms with Gasteiger partial charge in [-0.15, -0.1) is 0 Å². The first-order valence-electron chi connectivity index (χ1n) is 6.42. The summed E-state index contributed by atoms with van der Waals surface area (Å²) < 4.78 is 12.0. The molecule has 1 saturated heterocycles. The molecule has 0 bridgehead atoms. The summed E-state index contributed by atoms with van der Waals surface area (Å²) in [5.41, 5.74) is 8.18. The number of nitrogens with zero attached hydrogens (tertiary/aromatic N) is 1. The molecule has 1 fully saturated rings. The van der Waals surface area contributed by atoms with Crippen molar-refractivity contribution in [3.8, 4) is 0 Å². The number of halogens is 1. The first-order chi connectivity index (χ1) is 9.06. The Balaban J connectivity index is 2.19. The molecule has 2 unspecified atom stereocenters. The standard InChI is InChI=1S/C14H21BrN2O2/c1-9(16)10-4-5-12(11(15)6-10)17-7-13(18-2)14(8-17)19-3/h4-6,9,13-14H,7-8,16H2,1-3H3/t9-,13?,14?/m0/s1. The number of benzene rings is 1. The third-order valence-electron chi connectivity index (χ3n) is 3.66. The second-order valence-corrected chi connectivity index (χ2v) is 5.81. The van der Waals surface area contributed by atoms with E-state index in [1.807, 2.05) is 6.92 Å². The number of ether oxygens (including phenoxy) is 2. The van der Waals surface area contributed by atoms with Crippen molar-refractivity contribution in [3.63, 3.8) is 0 Å². The summed E-state index contributed by atoms with van der Waals surface area (Å²) >= 11 is 3.63. The van der Waals surface area contributed by atoms with Crippen molar-refractivity contribution in [1.29, 1.82) is 0 Å². The maximum Gasteiger partial charge on any atom is 0.102 e. The Bertz CT molecular complexity index is 427. The molecule has 0 aromatic heterocycles. The van der Waals surface area contributed by atoms with E-state index in [-0.39, 0.29) is 18.2 Å². The van der Waals surface area contributed by atoms with Gasteiger partial charge in [-0.25, -0.2) is 0 Å². The summed E-state index contributed by atoms with van der Waals surface area (Å²) in [5.74, 6) is 0. The van der Waals surface area contributed by atoms with E-state index in [0.717, 1.165) is 28.8 Å². The fourth-order valence-corrected chi connectivity index (χ4v) is 3.10. The molecule has 19 heavy (non-hydrogen) atoms. The lowest BCUT2D eigenvalue weighted by atomic mass is 10.1. The Morgan fingerprint density at radius 2 is 1.84 bits per heavy atom. The van der Waals surface area contributed by atoms with Gasteiger partial charge in [0.05, 0.1) is 5.69 Å². The first-order valence-corrected chi connectivity index (χ1v) is 7.21. The van der Waals surface area contributed by atoms with Crippen LogP contribution in [-0.2, 0) is 9.47 Å². The average molecular weight is 329 g/mol. The summed E-state index contributed by atoms with van der Waals surface area (Å²) in [7, 11) is 3.46. The molecule has 0 saturated carbocycles. The van der Waals surface area contributed by atoms with Crippen molar-refractivity contribution >= 4 is 21.6 Å². The smallest absolute Gasteiger partial charge is 0.102 e. The van der Waals surface area contributed by atoms with Crippen molar-refractivity contribution in [2.75, 3.05) is 32.2 Å². The normalized spacial score (nSPS) is 24.8. The minimum atomic E-state index is 0.0439. The van der Waals surface area contributed by atoms with Gasteiger partial charge in [-0.3, -0.25) is 0 Å². The molecule has 1 aliphatic rings. The summed E-state index contributed by atoms with van der Waals surface area (Å²) in [6, 6.07) is 6.31. The van der Waals surface area contributed by atoms with E-state index in [0.29, 0.717) is 0 Å². The van der Waals surface area contributed by atoms with Gasteiger partial charge >= 0.3 is 0 Å². The van der Waals surface area contributed by atoms with Gasteiger partial charge < -0.3 is 20.1 Å². The Morgan fingerprint density at radius 3 is 2.26 bits per heavy atom. The van der Waals surface area contributed by atoms with E-state index in [1.165, 1.54) is 0 Å². The minimum Gasteiger partial charge on any atom is -0.377 e. The molecule has 2 rings (SSSR count). The van der Waals surface area contributed by atoms with Crippen LogP contribution in [0.1, 0.15) is 18.5 Å². The maximum atomic E-state index is 5.90. The van der Waals surface area contributed by atoms with Crippen LogP contribution < -0.4 is 10.6 Å². The highest BCUT2D eigenvalue weighted by Gasteiger charge is 2.33. The van der Waals surface area contributed by atoms with E-state index in [4.69, 9.17) is 15.2 Å². The van der Waals surface area contributed by atoms with Gasteiger partial charge in [-0.05, 0) is 40.5 Å². The maximum absolute atomic E-state index is 5.90. The van der Waals surface area contributed by atoms with E-state index in [9.17, 15) is 0 Å². The Labute approximate surface area is 123 Å². The molecular formula is C14H21BrN2O2.